The van der Waals surface area contributed by atoms with Crippen molar-refractivity contribution in [2.24, 2.45) is 0 Å². The van der Waals surface area contributed by atoms with Crippen molar-refractivity contribution in [3.8, 4) is 5.75 Å². The highest BCUT2D eigenvalue weighted by Crippen LogP contribution is 2.18. The van der Waals surface area contributed by atoms with Crippen molar-refractivity contribution < 1.29 is 22.7 Å². The van der Waals surface area contributed by atoms with Crippen LogP contribution in [0.4, 0.5) is 14.5 Å². The number of rotatable bonds is 7. The summed E-state index contributed by atoms with van der Waals surface area (Å²) in [5, 5.41) is 2.66. The molecule has 6 nitrogen and oxygen atoms in total. The van der Waals surface area contributed by atoms with Crippen molar-refractivity contribution in [1.29, 1.82) is 0 Å². The number of hydrogen-bond donors (Lipinski definition) is 1. The van der Waals surface area contributed by atoms with Crippen LogP contribution in [0.5, 0.6) is 5.75 Å². The van der Waals surface area contributed by atoms with Gasteiger partial charge < -0.3 is 14.5 Å². The van der Waals surface area contributed by atoms with Crippen LogP contribution in [0, 0.1) is 0 Å². The van der Waals surface area contributed by atoms with Crippen molar-refractivity contribution >= 4 is 22.7 Å². The first-order valence-corrected chi connectivity index (χ1v) is 7.96. The zero-order valence-corrected chi connectivity index (χ0v) is 13.7. The lowest BCUT2D eigenvalue weighted by atomic mass is 10.2. The number of benzene rings is 2. The van der Waals surface area contributed by atoms with E-state index in [1.54, 1.807) is 18.2 Å². The van der Waals surface area contributed by atoms with Crippen LogP contribution >= 0.6 is 0 Å². The fraction of sp³-hybridized carbons (Fsp3) is 0.222. The molecule has 1 N–H and O–H groups in total. The number of nitrogens with zero attached hydrogens (tertiary/aromatic N) is 1. The zero-order chi connectivity index (χ0) is 18.5. The average molecular weight is 362 g/mol. The summed E-state index contributed by atoms with van der Waals surface area (Å²) in [6.45, 7) is -2.54. The Kier molecular flexibility index (Phi) is 5.31. The number of anilines is 1. The van der Waals surface area contributed by atoms with Gasteiger partial charge in [0.05, 0.1) is 5.52 Å². The molecule has 3 aromatic rings. The summed E-state index contributed by atoms with van der Waals surface area (Å²) in [5.41, 5.74) is 1.67. The summed E-state index contributed by atoms with van der Waals surface area (Å²) in [6.07, 6.45) is 0.642. The van der Waals surface area contributed by atoms with Crippen LogP contribution in [0.15, 0.2) is 57.7 Å². The molecule has 8 heteroatoms. The van der Waals surface area contributed by atoms with Gasteiger partial charge in [-0.1, -0.05) is 12.1 Å². The second kappa shape index (κ2) is 7.81. The molecule has 26 heavy (non-hydrogen) atoms. The van der Waals surface area contributed by atoms with Crippen molar-refractivity contribution in [3.63, 3.8) is 0 Å². The first-order valence-electron chi connectivity index (χ1n) is 7.96. The lowest BCUT2D eigenvalue weighted by Gasteiger charge is -2.08. The lowest BCUT2D eigenvalue weighted by Crippen LogP contribution is -2.17. The number of carbonyl (C=O) groups is 1. The normalized spacial score (nSPS) is 11.0. The van der Waals surface area contributed by atoms with Gasteiger partial charge in [-0.25, -0.2) is 4.79 Å². The second-order valence-electron chi connectivity index (χ2n) is 5.54. The summed E-state index contributed by atoms with van der Waals surface area (Å²) >= 11 is 0. The van der Waals surface area contributed by atoms with Crippen molar-refractivity contribution in [2.45, 2.75) is 26.0 Å². The topological polar surface area (TPSA) is 73.5 Å². The predicted molar refractivity (Wildman–Crippen MR) is 91.4 cm³/mol. The number of aryl methyl sites for hydroxylation is 1. The molecule has 0 radical (unpaired) electrons. The molecule has 1 amide bonds. The molecule has 0 spiro atoms. The Labute approximate surface area is 147 Å². The number of oxazole rings is 1. The third-order valence-corrected chi connectivity index (χ3v) is 3.72. The predicted octanol–water partition coefficient (Wildman–Crippen LogP) is 3.61. The van der Waals surface area contributed by atoms with Crippen LogP contribution < -0.4 is 15.8 Å². The number of fused-ring (bicyclic) bond motifs is 1. The van der Waals surface area contributed by atoms with E-state index in [2.05, 4.69) is 10.1 Å². The van der Waals surface area contributed by atoms with E-state index in [4.69, 9.17) is 4.42 Å². The maximum atomic E-state index is 12.1. The molecule has 0 aliphatic carbocycles. The number of halogens is 2. The van der Waals surface area contributed by atoms with E-state index >= 15 is 0 Å². The Bertz CT molecular complexity index is 948. The van der Waals surface area contributed by atoms with E-state index in [1.165, 1.54) is 28.8 Å². The highest BCUT2D eigenvalue weighted by Gasteiger charge is 2.10. The average Bonchev–Trinajstić information content (AvgIpc) is 2.92. The van der Waals surface area contributed by atoms with Gasteiger partial charge in [-0.15, -0.1) is 0 Å². The minimum absolute atomic E-state index is 0.0178. The van der Waals surface area contributed by atoms with Crippen LogP contribution in [0.2, 0.25) is 0 Å². The van der Waals surface area contributed by atoms with Crippen LogP contribution in [-0.2, 0) is 11.3 Å². The van der Waals surface area contributed by atoms with Gasteiger partial charge in [0.1, 0.15) is 5.75 Å². The van der Waals surface area contributed by atoms with Gasteiger partial charge in [0.25, 0.3) is 0 Å². The maximum Gasteiger partial charge on any atom is 0.419 e. The van der Waals surface area contributed by atoms with Gasteiger partial charge in [-0.3, -0.25) is 9.36 Å². The second-order valence-corrected chi connectivity index (χ2v) is 5.54. The van der Waals surface area contributed by atoms with Crippen molar-refractivity contribution in [3.05, 3.63) is 59.1 Å². The highest BCUT2D eigenvalue weighted by molar-refractivity contribution is 5.90. The van der Waals surface area contributed by atoms with Crippen LogP contribution in [-0.4, -0.2) is 17.1 Å². The Morgan fingerprint density at radius 3 is 2.62 bits per heavy atom. The van der Waals surface area contributed by atoms with E-state index in [-0.39, 0.29) is 18.1 Å². The molecule has 0 fully saturated rings. The molecule has 136 valence electrons. The van der Waals surface area contributed by atoms with Gasteiger partial charge in [0.15, 0.2) is 5.58 Å². The quantitative estimate of drug-likeness (QED) is 0.697. The smallest absolute Gasteiger partial charge is 0.419 e. The zero-order valence-electron chi connectivity index (χ0n) is 13.7. The number of carbonyl (C=O) groups excluding carboxylic acids is 1. The van der Waals surface area contributed by atoms with Crippen LogP contribution in [0.1, 0.15) is 12.8 Å². The van der Waals surface area contributed by atoms with Crippen LogP contribution in [0.25, 0.3) is 11.1 Å². The van der Waals surface area contributed by atoms with E-state index in [9.17, 15) is 18.4 Å². The first-order chi connectivity index (χ1) is 12.5. The minimum atomic E-state index is -2.89. The summed E-state index contributed by atoms with van der Waals surface area (Å²) in [7, 11) is 0. The molecule has 1 heterocycles. The number of hydrogen-bond acceptors (Lipinski definition) is 4. The Balaban J connectivity index is 1.52. The molecule has 0 saturated carbocycles. The van der Waals surface area contributed by atoms with E-state index in [0.717, 1.165) is 0 Å². The fourth-order valence-corrected chi connectivity index (χ4v) is 2.57. The van der Waals surface area contributed by atoms with Gasteiger partial charge >= 0.3 is 12.4 Å². The molecule has 0 aliphatic rings. The highest BCUT2D eigenvalue weighted by atomic mass is 19.3. The third kappa shape index (κ3) is 4.27. The number of alkyl halides is 2. The van der Waals surface area contributed by atoms with Gasteiger partial charge in [0.2, 0.25) is 5.91 Å². The van der Waals surface area contributed by atoms with E-state index in [0.29, 0.717) is 29.8 Å². The monoisotopic (exact) mass is 362 g/mol. The molecule has 2 aromatic carbocycles. The Hall–Kier alpha value is -3.16. The number of aromatic nitrogens is 1. The minimum Gasteiger partial charge on any atom is -0.435 e. The molecule has 0 aliphatic heterocycles. The molecule has 3 rings (SSSR count). The molecule has 0 bridgehead atoms. The number of nitrogens with one attached hydrogen (secondary N) is 1. The van der Waals surface area contributed by atoms with Crippen molar-refractivity contribution in [2.75, 3.05) is 5.32 Å². The Morgan fingerprint density at radius 1 is 1.15 bits per heavy atom. The van der Waals surface area contributed by atoms with E-state index < -0.39 is 12.4 Å². The van der Waals surface area contributed by atoms with Crippen LogP contribution in [0.3, 0.4) is 0 Å². The van der Waals surface area contributed by atoms with Gasteiger partial charge in [-0.05, 0) is 42.8 Å². The summed E-state index contributed by atoms with van der Waals surface area (Å²) in [6, 6.07) is 12.7. The molecular formula is C18H16F2N2O4. The first kappa shape index (κ1) is 17.7. The Morgan fingerprint density at radius 2 is 1.88 bits per heavy atom. The van der Waals surface area contributed by atoms with Gasteiger partial charge in [0, 0.05) is 18.7 Å². The number of amides is 1. The summed E-state index contributed by atoms with van der Waals surface area (Å²) in [4.78, 5) is 23.8. The fourth-order valence-electron chi connectivity index (χ4n) is 2.57. The summed E-state index contributed by atoms with van der Waals surface area (Å²) in [5.74, 6) is -0.682. The maximum absolute atomic E-state index is 12.1. The van der Waals surface area contributed by atoms with Gasteiger partial charge in [-0.2, -0.15) is 8.78 Å². The number of ether oxygens (including phenoxy) is 1. The molecule has 0 atom stereocenters. The van der Waals surface area contributed by atoms with Crippen molar-refractivity contribution in [1.82, 2.24) is 4.57 Å². The lowest BCUT2D eigenvalue weighted by molar-refractivity contribution is -0.116. The third-order valence-electron chi connectivity index (χ3n) is 3.72. The molecule has 1 aromatic heterocycles. The standard InChI is InChI=1S/C18H16F2N2O4/c19-17(20)25-13-9-7-12(8-10-13)21-16(23)6-3-11-22-14-4-1-2-5-15(14)26-18(22)24/h1-2,4-5,7-10,17H,3,6,11H2,(H,21,23). The SMILES string of the molecule is O=C(CCCn1c(=O)oc2ccccc21)Nc1ccc(OC(F)F)cc1. The summed E-state index contributed by atoms with van der Waals surface area (Å²) < 4.78 is 35.0. The molecule has 0 unspecified atom stereocenters. The largest absolute Gasteiger partial charge is 0.435 e. The molecular weight excluding hydrogens is 346 g/mol. The molecule has 0 saturated heterocycles. The van der Waals surface area contributed by atoms with E-state index in [1.807, 2.05) is 6.07 Å². The number of para-hydroxylation sites is 2.